The summed E-state index contributed by atoms with van der Waals surface area (Å²) in [6, 6.07) is 12.6. The summed E-state index contributed by atoms with van der Waals surface area (Å²) in [5.41, 5.74) is 1.18. The first-order chi connectivity index (χ1) is 21.6. The molecule has 11 heteroatoms. The molecule has 10 nitrogen and oxygen atoms in total. The van der Waals surface area contributed by atoms with Gasteiger partial charge in [0.2, 0.25) is 5.91 Å². The van der Waals surface area contributed by atoms with E-state index < -0.39 is 16.9 Å². The topological polar surface area (TPSA) is 139 Å². The van der Waals surface area contributed by atoms with Crippen LogP contribution in [0.25, 0.3) is 0 Å². The van der Waals surface area contributed by atoms with Gasteiger partial charge in [-0.1, -0.05) is 19.9 Å². The predicted octanol–water partition coefficient (Wildman–Crippen LogP) is 4.59. The zero-order valence-electron chi connectivity index (χ0n) is 26.5. The SMILES string of the molecule is COc1ccc(C(=O)Nc2nc3c(s2)CC2C(C)(CO)C(O)CCC2(C)C3CC(=O)NCCc2ccc(OC)c(OC)c2)cc1. The van der Waals surface area contributed by atoms with E-state index in [-0.39, 0.29) is 36.7 Å². The lowest BCUT2D eigenvalue weighted by molar-refractivity contribution is -0.144. The minimum absolute atomic E-state index is 0.0820. The molecule has 2 aliphatic rings. The number of ether oxygens (including phenoxy) is 3. The molecule has 2 aromatic carbocycles. The molecule has 5 atom stereocenters. The van der Waals surface area contributed by atoms with Crippen molar-refractivity contribution in [2.75, 3.05) is 39.8 Å². The number of carbonyl (C=O) groups is 2. The molecule has 1 aromatic heterocycles. The normalized spacial score (nSPS) is 25.4. The summed E-state index contributed by atoms with van der Waals surface area (Å²) in [4.78, 5) is 32.5. The van der Waals surface area contributed by atoms with Crippen LogP contribution in [0, 0.1) is 16.7 Å². The van der Waals surface area contributed by atoms with Crippen molar-refractivity contribution in [1.82, 2.24) is 10.3 Å². The Morgan fingerprint density at radius 2 is 1.78 bits per heavy atom. The quantitative estimate of drug-likeness (QED) is 0.240. The lowest BCUT2D eigenvalue weighted by atomic mass is 9.47. The lowest BCUT2D eigenvalue weighted by Gasteiger charge is -2.58. The third-order valence-electron chi connectivity index (χ3n) is 10.0. The van der Waals surface area contributed by atoms with E-state index in [4.69, 9.17) is 19.2 Å². The van der Waals surface area contributed by atoms with E-state index in [0.29, 0.717) is 60.2 Å². The van der Waals surface area contributed by atoms with E-state index in [0.717, 1.165) is 16.1 Å². The molecule has 0 bridgehead atoms. The second-order valence-electron chi connectivity index (χ2n) is 12.5. The van der Waals surface area contributed by atoms with Crippen LogP contribution in [-0.4, -0.2) is 67.6 Å². The number of carbonyl (C=O) groups excluding carboxylic acids is 2. The van der Waals surface area contributed by atoms with Crippen LogP contribution in [0.5, 0.6) is 17.2 Å². The largest absolute Gasteiger partial charge is 0.497 e. The number of thiazole rings is 1. The van der Waals surface area contributed by atoms with E-state index in [1.165, 1.54) is 11.3 Å². The molecule has 242 valence electrons. The molecule has 0 aliphatic heterocycles. The number of benzene rings is 2. The van der Waals surface area contributed by atoms with Crippen LogP contribution in [0.4, 0.5) is 5.13 Å². The number of aliphatic hydroxyl groups excluding tert-OH is 2. The van der Waals surface area contributed by atoms with Crippen molar-refractivity contribution in [1.29, 1.82) is 0 Å². The number of aliphatic hydroxyl groups is 2. The number of nitrogens with one attached hydrogen (secondary N) is 2. The Morgan fingerprint density at radius 1 is 1.04 bits per heavy atom. The summed E-state index contributed by atoms with van der Waals surface area (Å²) in [6.07, 6.45) is 2.01. The molecule has 5 rings (SSSR count). The summed E-state index contributed by atoms with van der Waals surface area (Å²) >= 11 is 1.40. The molecule has 3 aromatic rings. The number of hydrogen-bond donors (Lipinski definition) is 4. The van der Waals surface area contributed by atoms with Gasteiger partial charge in [0.1, 0.15) is 5.75 Å². The summed E-state index contributed by atoms with van der Waals surface area (Å²) in [5, 5.41) is 28.1. The Labute approximate surface area is 268 Å². The first kappa shape index (κ1) is 32.7. The average Bonchev–Trinajstić information content (AvgIpc) is 3.45. The zero-order valence-corrected chi connectivity index (χ0v) is 27.3. The molecule has 2 amide bonds. The number of anilines is 1. The smallest absolute Gasteiger partial charge is 0.257 e. The van der Waals surface area contributed by atoms with Gasteiger partial charge < -0.3 is 29.7 Å². The molecular weight excluding hydrogens is 594 g/mol. The van der Waals surface area contributed by atoms with Crippen molar-refractivity contribution < 1.29 is 34.0 Å². The van der Waals surface area contributed by atoms with Crippen molar-refractivity contribution in [3.63, 3.8) is 0 Å². The Morgan fingerprint density at radius 3 is 2.44 bits per heavy atom. The van der Waals surface area contributed by atoms with Crippen LogP contribution >= 0.6 is 11.3 Å². The maximum atomic E-state index is 13.5. The number of aromatic nitrogens is 1. The van der Waals surface area contributed by atoms with Crippen LogP contribution < -0.4 is 24.8 Å². The average molecular weight is 638 g/mol. The molecular formula is C34H43N3O7S. The van der Waals surface area contributed by atoms with Crippen LogP contribution in [0.15, 0.2) is 42.5 Å². The number of hydrogen-bond acceptors (Lipinski definition) is 9. The van der Waals surface area contributed by atoms with Crippen molar-refractivity contribution in [2.45, 2.75) is 58.0 Å². The van der Waals surface area contributed by atoms with E-state index >= 15 is 0 Å². The number of nitrogens with zero attached hydrogens (tertiary/aromatic N) is 1. The van der Waals surface area contributed by atoms with E-state index in [1.807, 2.05) is 25.1 Å². The lowest BCUT2D eigenvalue weighted by Crippen LogP contribution is -2.57. The minimum atomic E-state index is -0.733. The monoisotopic (exact) mass is 637 g/mol. The van der Waals surface area contributed by atoms with Crippen molar-refractivity contribution in [3.8, 4) is 17.2 Å². The van der Waals surface area contributed by atoms with E-state index in [1.54, 1.807) is 45.6 Å². The molecule has 1 saturated carbocycles. The van der Waals surface area contributed by atoms with E-state index in [9.17, 15) is 19.8 Å². The fraction of sp³-hybridized carbons (Fsp3) is 0.500. The molecule has 1 heterocycles. The number of methoxy groups -OCH3 is 3. The van der Waals surface area contributed by atoms with Gasteiger partial charge in [-0.15, -0.1) is 11.3 Å². The highest BCUT2D eigenvalue weighted by atomic mass is 32.1. The maximum Gasteiger partial charge on any atom is 0.257 e. The Balaban J connectivity index is 1.37. The highest BCUT2D eigenvalue weighted by molar-refractivity contribution is 7.15. The zero-order chi connectivity index (χ0) is 32.4. The van der Waals surface area contributed by atoms with E-state index in [2.05, 4.69) is 17.6 Å². The molecule has 5 unspecified atom stereocenters. The van der Waals surface area contributed by atoms with Crippen LogP contribution in [-0.2, 0) is 17.6 Å². The predicted molar refractivity (Wildman–Crippen MR) is 172 cm³/mol. The van der Waals surface area contributed by atoms with Crippen molar-refractivity contribution in [2.24, 2.45) is 16.7 Å². The van der Waals surface area contributed by atoms with Gasteiger partial charge in [0, 0.05) is 34.7 Å². The van der Waals surface area contributed by atoms with Crippen LogP contribution in [0.3, 0.4) is 0 Å². The minimum Gasteiger partial charge on any atom is -0.497 e. The summed E-state index contributed by atoms with van der Waals surface area (Å²) in [6.45, 7) is 4.39. The fourth-order valence-corrected chi connectivity index (χ4v) is 8.31. The highest BCUT2D eigenvalue weighted by Gasteiger charge is 2.59. The van der Waals surface area contributed by atoms with Gasteiger partial charge >= 0.3 is 0 Å². The molecule has 1 fully saturated rings. The van der Waals surface area contributed by atoms with Gasteiger partial charge in [-0.05, 0) is 79.0 Å². The molecule has 0 spiro atoms. The number of fused-ring (bicyclic) bond motifs is 2. The second-order valence-corrected chi connectivity index (χ2v) is 13.6. The summed E-state index contributed by atoms with van der Waals surface area (Å²) in [5.74, 6) is 1.23. The highest BCUT2D eigenvalue weighted by Crippen LogP contribution is 2.62. The van der Waals surface area contributed by atoms with Gasteiger partial charge in [-0.2, -0.15) is 0 Å². The third kappa shape index (κ3) is 6.39. The van der Waals surface area contributed by atoms with Crippen LogP contribution in [0.2, 0.25) is 0 Å². The molecule has 0 radical (unpaired) electrons. The van der Waals surface area contributed by atoms with Gasteiger partial charge in [-0.3, -0.25) is 14.9 Å². The maximum absolute atomic E-state index is 13.5. The summed E-state index contributed by atoms with van der Waals surface area (Å²) in [7, 11) is 4.76. The van der Waals surface area contributed by atoms with Gasteiger partial charge in [0.15, 0.2) is 16.6 Å². The first-order valence-corrected chi connectivity index (χ1v) is 16.1. The molecule has 4 N–H and O–H groups in total. The number of rotatable bonds is 11. The van der Waals surface area contributed by atoms with Gasteiger partial charge in [0.25, 0.3) is 5.91 Å². The standard InChI is InChI=1S/C34H43N3O7S/c1-33-14-12-28(39)34(2,19-38)27(33)18-26-30(36-32(45-26)37-31(41)21-7-9-22(42-3)10-8-21)23(33)17-29(40)35-15-13-20-6-11-24(43-4)25(16-20)44-5/h6-11,16,23,27-28,38-39H,12-15,17-19H2,1-5H3,(H,35,40)(H,36,37,41). The molecule has 0 saturated heterocycles. The van der Waals surface area contributed by atoms with Gasteiger partial charge in [0.05, 0.1) is 39.7 Å². The second kappa shape index (κ2) is 13.4. The van der Waals surface area contributed by atoms with Crippen molar-refractivity contribution in [3.05, 3.63) is 64.2 Å². The summed E-state index contributed by atoms with van der Waals surface area (Å²) < 4.78 is 15.9. The Kier molecular flexibility index (Phi) is 9.71. The molecule has 2 aliphatic carbocycles. The Hall–Kier alpha value is -3.67. The first-order valence-electron chi connectivity index (χ1n) is 15.3. The van der Waals surface area contributed by atoms with Crippen molar-refractivity contribution >= 4 is 28.3 Å². The molecule has 45 heavy (non-hydrogen) atoms. The van der Waals surface area contributed by atoms with Gasteiger partial charge in [-0.25, -0.2) is 4.98 Å². The fourth-order valence-electron chi connectivity index (χ4n) is 7.25. The third-order valence-corrected chi connectivity index (χ3v) is 11.0. The number of amides is 2. The van der Waals surface area contributed by atoms with Crippen LogP contribution in [0.1, 0.15) is 65.5 Å². The Bertz CT molecular complexity index is 1530.